The minimum Gasteiger partial charge on any atom is -0.272 e. The van der Waals surface area contributed by atoms with Gasteiger partial charge in [0.2, 0.25) is 0 Å². The molecule has 1 saturated carbocycles. The Bertz CT molecular complexity index is 606. The fourth-order valence-electron chi connectivity index (χ4n) is 3.33. The third-order valence-electron chi connectivity index (χ3n) is 4.73. The van der Waals surface area contributed by atoms with E-state index in [1.807, 2.05) is 6.92 Å². The summed E-state index contributed by atoms with van der Waals surface area (Å²) in [4.78, 5) is 27.3. The molecule has 2 bridgehead atoms. The van der Waals surface area contributed by atoms with E-state index in [-0.39, 0.29) is 16.2 Å². The van der Waals surface area contributed by atoms with Gasteiger partial charge in [0, 0.05) is 0 Å². The number of rotatable bonds is 3. The number of fused-ring (bicyclic) bond motifs is 5. The lowest BCUT2D eigenvalue weighted by atomic mass is 9.84. The average Bonchev–Trinajstić information content (AvgIpc) is 2.86. The molecule has 1 saturated heterocycles. The van der Waals surface area contributed by atoms with Crippen molar-refractivity contribution in [3.63, 3.8) is 0 Å². The smallest absolute Gasteiger partial charge is 0.259 e. The summed E-state index contributed by atoms with van der Waals surface area (Å²) in [5, 5.41) is 0.447. The number of alkyl halides is 4. The molecular formula is C13H11Cl6NO3. The Balaban J connectivity index is 2.13. The van der Waals surface area contributed by atoms with Gasteiger partial charge in [-0.3, -0.25) is 14.4 Å². The molecule has 2 fully saturated rings. The molecule has 5 atom stereocenters. The van der Waals surface area contributed by atoms with Crippen molar-refractivity contribution in [2.75, 3.05) is 0 Å². The van der Waals surface area contributed by atoms with Crippen LogP contribution < -0.4 is 0 Å². The van der Waals surface area contributed by atoms with Crippen LogP contribution in [0.2, 0.25) is 0 Å². The van der Waals surface area contributed by atoms with Gasteiger partial charge in [0.15, 0.2) is 4.33 Å². The highest BCUT2D eigenvalue weighted by Gasteiger charge is 2.87. The minimum absolute atomic E-state index is 0.117. The Labute approximate surface area is 162 Å². The second kappa shape index (κ2) is 5.29. The van der Waals surface area contributed by atoms with Gasteiger partial charge in [-0.05, 0) is 13.3 Å². The molecule has 4 nitrogen and oxygen atoms in total. The zero-order valence-electron chi connectivity index (χ0n) is 11.9. The highest BCUT2D eigenvalue weighted by atomic mass is 35.5. The summed E-state index contributed by atoms with van der Waals surface area (Å²) >= 11 is 38.1. The number of amides is 2. The SMILES string of the molecule is CC[C@H](C)ON1C(=O)[C@@H]2[C@@H](C1=O)[C@@]1(Cl)C(Cl)=C(Cl)[C@@]2(Cl)C1(Cl)Cl. The number of imide groups is 1. The van der Waals surface area contributed by atoms with Crippen LogP contribution in [0.3, 0.4) is 0 Å². The molecule has 1 heterocycles. The van der Waals surface area contributed by atoms with Gasteiger partial charge in [0.25, 0.3) is 11.8 Å². The van der Waals surface area contributed by atoms with Crippen molar-refractivity contribution < 1.29 is 14.4 Å². The Morgan fingerprint density at radius 3 is 1.78 bits per heavy atom. The maximum atomic E-state index is 12.7. The van der Waals surface area contributed by atoms with Gasteiger partial charge in [-0.15, -0.1) is 23.2 Å². The largest absolute Gasteiger partial charge is 0.272 e. The maximum absolute atomic E-state index is 12.7. The standard InChI is InChI=1S/C13H11Cl6NO3/c1-3-4(2)23-20-9(21)5-6(10(20)22)12(17)8(15)7(14)11(5,16)13(12,18)19/h4-6H,3H2,1-2H3/t4-,5-,6-,11+,12+/m0/s1. The molecule has 2 amide bonds. The minimum atomic E-state index is -1.92. The van der Waals surface area contributed by atoms with Crippen molar-refractivity contribution in [1.82, 2.24) is 5.06 Å². The molecule has 0 aromatic rings. The number of carbonyl (C=O) groups is 2. The number of carbonyl (C=O) groups excluding carboxylic acids is 2. The molecule has 10 heteroatoms. The fraction of sp³-hybridized carbons (Fsp3) is 0.692. The number of hydrogen-bond acceptors (Lipinski definition) is 3. The van der Waals surface area contributed by atoms with Crippen LogP contribution in [-0.2, 0) is 14.4 Å². The summed E-state index contributed by atoms with van der Waals surface area (Å²) in [5.74, 6) is -3.65. The van der Waals surface area contributed by atoms with E-state index in [4.69, 9.17) is 74.4 Å². The van der Waals surface area contributed by atoms with Gasteiger partial charge in [-0.2, -0.15) is 5.06 Å². The summed E-state index contributed by atoms with van der Waals surface area (Å²) in [6.45, 7) is 3.58. The van der Waals surface area contributed by atoms with Crippen molar-refractivity contribution >= 4 is 81.4 Å². The van der Waals surface area contributed by atoms with Crippen molar-refractivity contribution in [1.29, 1.82) is 0 Å². The molecule has 0 unspecified atom stereocenters. The summed E-state index contributed by atoms with van der Waals surface area (Å²) in [5.41, 5.74) is 0. The molecule has 0 N–H and O–H groups in total. The van der Waals surface area contributed by atoms with E-state index >= 15 is 0 Å². The van der Waals surface area contributed by atoms with Crippen molar-refractivity contribution in [3.8, 4) is 0 Å². The fourth-order valence-corrected chi connectivity index (χ4v) is 6.26. The molecule has 128 valence electrons. The molecule has 0 aromatic carbocycles. The second-order valence-electron chi connectivity index (χ2n) is 5.88. The molecule has 3 aliphatic rings. The van der Waals surface area contributed by atoms with Crippen LogP contribution >= 0.6 is 69.6 Å². The topological polar surface area (TPSA) is 46.6 Å². The van der Waals surface area contributed by atoms with Crippen LogP contribution in [0.1, 0.15) is 20.3 Å². The Hall–Kier alpha value is 0.580. The van der Waals surface area contributed by atoms with E-state index in [0.29, 0.717) is 11.5 Å². The zero-order valence-corrected chi connectivity index (χ0v) is 16.4. The monoisotopic (exact) mass is 439 g/mol. The Morgan fingerprint density at radius 2 is 1.43 bits per heavy atom. The number of hydroxylamine groups is 2. The first kappa shape index (κ1) is 18.4. The number of nitrogens with zero attached hydrogens (tertiary/aromatic N) is 1. The van der Waals surface area contributed by atoms with Crippen molar-refractivity contribution in [3.05, 3.63) is 10.1 Å². The summed E-state index contributed by atoms with van der Waals surface area (Å²) < 4.78 is -1.92. The zero-order chi connectivity index (χ0) is 17.5. The average molecular weight is 442 g/mol. The van der Waals surface area contributed by atoms with Crippen LogP contribution in [0.15, 0.2) is 10.1 Å². The predicted molar refractivity (Wildman–Crippen MR) is 90.0 cm³/mol. The van der Waals surface area contributed by atoms with Crippen LogP contribution in [-0.4, -0.2) is 37.1 Å². The van der Waals surface area contributed by atoms with E-state index in [9.17, 15) is 9.59 Å². The van der Waals surface area contributed by atoms with Crippen LogP contribution in [0.25, 0.3) is 0 Å². The normalized spacial score (nSPS) is 42.7. The number of hydrogen-bond donors (Lipinski definition) is 0. The van der Waals surface area contributed by atoms with Crippen LogP contribution in [0, 0.1) is 11.8 Å². The third kappa shape index (κ3) is 1.82. The van der Waals surface area contributed by atoms with Gasteiger partial charge in [-0.1, -0.05) is 53.3 Å². The molecular weight excluding hydrogens is 431 g/mol. The van der Waals surface area contributed by atoms with E-state index in [0.717, 1.165) is 0 Å². The summed E-state index contributed by atoms with van der Waals surface area (Å²) in [6, 6.07) is 0. The van der Waals surface area contributed by atoms with Gasteiger partial charge < -0.3 is 0 Å². The first-order valence-corrected chi connectivity index (χ1v) is 9.11. The first-order valence-electron chi connectivity index (χ1n) is 6.84. The van der Waals surface area contributed by atoms with Gasteiger partial charge in [-0.25, -0.2) is 0 Å². The molecule has 0 radical (unpaired) electrons. The van der Waals surface area contributed by atoms with Crippen molar-refractivity contribution in [2.45, 2.75) is 40.5 Å². The van der Waals surface area contributed by atoms with E-state index in [1.165, 1.54) is 0 Å². The van der Waals surface area contributed by atoms with Gasteiger partial charge >= 0.3 is 0 Å². The van der Waals surface area contributed by atoms with E-state index in [1.54, 1.807) is 6.92 Å². The molecule has 23 heavy (non-hydrogen) atoms. The Kier molecular flexibility index (Phi) is 4.23. The highest BCUT2D eigenvalue weighted by molar-refractivity contribution is 6.66. The molecule has 3 rings (SSSR count). The summed E-state index contributed by atoms with van der Waals surface area (Å²) in [6.07, 6.45) is 0.242. The number of allylic oxidation sites excluding steroid dienone is 2. The lowest BCUT2D eigenvalue weighted by molar-refractivity contribution is -0.203. The second-order valence-corrected chi connectivity index (χ2v) is 9.15. The van der Waals surface area contributed by atoms with Crippen LogP contribution in [0.5, 0.6) is 0 Å². The molecule has 0 spiro atoms. The maximum Gasteiger partial charge on any atom is 0.259 e. The molecule has 1 aliphatic heterocycles. The van der Waals surface area contributed by atoms with E-state index < -0.39 is 37.7 Å². The van der Waals surface area contributed by atoms with Crippen LogP contribution in [0.4, 0.5) is 0 Å². The van der Waals surface area contributed by atoms with E-state index in [2.05, 4.69) is 0 Å². The number of halogens is 6. The van der Waals surface area contributed by atoms with Gasteiger partial charge in [0.1, 0.15) is 9.75 Å². The quantitative estimate of drug-likeness (QED) is 0.488. The predicted octanol–water partition coefficient (Wildman–Crippen LogP) is 4.16. The first-order chi connectivity index (χ1) is 10.5. The van der Waals surface area contributed by atoms with Gasteiger partial charge in [0.05, 0.1) is 28.0 Å². The molecule has 2 aliphatic carbocycles. The summed E-state index contributed by atoms with van der Waals surface area (Å²) in [7, 11) is 0. The molecule has 0 aromatic heterocycles. The lowest BCUT2D eigenvalue weighted by Gasteiger charge is -2.34. The Morgan fingerprint density at radius 1 is 1.04 bits per heavy atom. The third-order valence-corrected chi connectivity index (χ3v) is 8.99. The lowest BCUT2D eigenvalue weighted by Crippen LogP contribution is -2.50. The highest BCUT2D eigenvalue weighted by Crippen LogP contribution is 2.77. The van der Waals surface area contributed by atoms with Crippen molar-refractivity contribution in [2.24, 2.45) is 11.8 Å².